The molecule has 0 saturated heterocycles. The molecule has 178 valence electrons. The molecule has 1 aliphatic carbocycles. The van der Waals surface area contributed by atoms with Crippen LogP contribution in [0.15, 0.2) is 83.5 Å². The van der Waals surface area contributed by atoms with Crippen LogP contribution in [0.2, 0.25) is 0 Å². The number of rotatable bonds is 5. The quantitative estimate of drug-likeness (QED) is 0.433. The number of amides is 1. The Hall–Kier alpha value is -3.87. The van der Waals surface area contributed by atoms with Crippen LogP contribution in [0.25, 0.3) is 6.08 Å². The highest BCUT2D eigenvalue weighted by Crippen LogP contribution is 2.44. The molecule has 0 N–H and O–H groups in total. The van der Waals surface area contributed by atoms with Crippen LogP contribution < -0.4 is 4.74 Å². The van der Waals surface area contributed by atoms with Crippen molar-refractivity contribution in [3.05, 3.63) is 107 Å². The van der Waals surface area contributed by atoms with Gasteiger partial charge in [0.1, 0.15) is 23.2 Å². The SMILES string of the molecule is O=C(COc1cccc(F)c1)N1N=C2/C(=C\c3ccc(F)cc3)CCCC2C1c1ccc(F)cc1. The van der Waals surface area contributed by atoms with Gasteiger partial charge in [-0.05, 0) is 78.4 Å². The highest BCUT2D eigenvalue weighted by molar-refractivity contribution is 6.08. The van der Waals surface area contributed by atoms with E-state index < -0.39 is 11.9 Å². The lowest BCUT2D eigenvalue weighted by Crippen LogP contribution is -2.34. The maximum Gasteiger partial charge on any atom is 0.281 e. The Balaban J connectivity index is 1.46. The summed E-state index contributed by atoms with van der Waals surface area (Å²) in [6, 6.07) is 17.5. The van der Waals surface area contributed by atoms with Crippen molar-refractivity contribution < 1.29 is 22.7 Å². The van der Waals surface area contributed by atoms with E-state index >= 15 is 0 Å². The fourth-order valence-corrected chi connectivity index (χ4v) is 4.73. The first-order valence-electron chi connectivity index (χ1n) is 11.5. The number of hydrazone groups is 1. The fourth-order valence-electron chi connectivity index (χ4n) is 4.73. The second-order valence-corrected chi connectivity index (χ2v) is 8.69. The summed E-state index contributed by atoms with van der Waals surface area (Å²) < 4.78 is 46.0. The summed E-state index contributed by atoms with van der Waals surface area (Å²) in [5.74, 6) is -1.33. The van der Waals surface area contributed by atoms with Crippen LogP contribution in [0.1, 0.15) is 36.4 Å². The maximum absolute atomic E-state index is 13.6. The molecule has 1 aliphatic heterocycles. The Labute approximate surface area is 201 Å². The number of ether oxygens (including phenoxy) is 1. The summed E-state index contributed by atoms with van der Waals surface area (Å²) in [7, 11) is 0. The highest BCUT2D eigenvalue weighted by Gasteiger charge is 2.43. The van der Waals surface area contributed by atoms with E-state index in [1.165, 1.54) is 47.5 Å². The van der Waals surface area contributed by atoms with Crippen LogP contribution >= 0.6 is 0 Å². The normalized spacial score (nSPS) is 20.5. The van der Waals surface area contributed by atoms with Crippen molar-refractivity contribution in [2.24, 2.45) is 11.0 Å². The molecule has 0 aromatic heterocycles. The van der Waals surface area contributed by atoms with Crippen molar-refractivity contribution in [3.63, 3.8) is 0 Å². The summed E-state index contributed by atoms with van der Waals surface area (Å²) in [4.78, 5) is 13.3. The Bertz CT molecular complexity index is 1290. The van der Waals surface area contributed by atoms with Gasteiger partial charge in [-0.25, -0.2) is 18.2 Å². The van der Waals surface area contributed by atoms with Gasteiger partial charge in [0.15, 0.2) is 6.61 Å². The van der Waals surface area contributed by atoms with Crippen molar-refractivity contribution in [1.82, 2.24) is 5.01 Å². The molecule has 3 aromatic carbocycles. The van der Waals surface area contributed by atoms with Crippen LogP contribution in [0.4, 0.5) is 13.2 Å². The second-order valence-electron chi connectivity index (χ2n) is 8.69. The molecule has 7 heteroatoms. The number of nitrogens with zero attached hydrogens (tertiary/aromatic N) is 2. The predicted molar refractivity (Wildman–Crippen MR) is 127 cm³/mol. The van der Waals surface area contributed by atoms with Gasteiger partial charge in [0.2, 0.25) is 0 Å². The van der Waals surface area contributed by atoms with E-state index in [2.05, 4.69) is 0 Å². The molecular weight excluding hydrogens is 453 g/mol. The number of carbonyl (C=O) groups is 1. The molecule has 2 unspecified atom stereocenters. The number of fused-ring (bicyclic) bond motifs is 1. The van der Waals surface area contributed by atoms with Gasteiger partial charge in [-0.3, -0.25) is 4.79 Å². The molecule has 2 atom stereocenters. The molecule has 1 heterocycles. The molecule has 1 fully saturated rings. The van der Waals surface area contributed by atoms with Crippen LogP contribution in [-0.4, -0.2) is 23.2 Å². The lowest BCUT2D eigenvalue weighted by Gasteiger charge is -2.29. The lowest BCUT2D eigenvalue weighted by atomic mass is 9.77. The van der Waals surface area contributed by atoms with Gasteiger partial charge in [-0.2, -0.15) is 5.10 Å². The van der Waals surface area contributed by atoms with Gasteiger partial charge in [0.25, 0.3) is 5.91 Å². The van der Waals surface area contributed by atoms with Gasteiger partial charge in [0, 0.05) is 12.0 Å². The fraction of sp³-hybridized carbons (Fsp3) is 0.214. The first-order valence-corrected chi connectivity index (χ1v) is 11.5. The van der Waals surface area contributed by atoms with Crippen LogP contribution in [-0.2, 0) is 4.79 Å². The van der Waals surface area contributed by atoms with Crippen molar-refractivity contribution >= 4 is 17.7 Å². The number of hydrogen-bond acceptors (Lipinski definition) is 3. The molecule has 0 radical (unpaired) electrons. The number of halogens is 3. The largest absolute Gasteiger partial charge is 0.484 e. The minimum Gasteiger partial charge on any atom is -0.484 e. The molecule has 1 amide bonds. The predicted octanol–water partition coefficient (Wildman–Crippen LogP) is 6.31. The zero-order valence-corrected chi connectivity index (χ0v) is 18.8. The number of carbonyl (C=O) groups excluding carboxylic acids is 1. The zero-order valence-electron chi connectivity index (χ0n) is 18.8. The van der Waals surface area contributed by atoms with Crippen molar-refractivity contribution in [2.45, 2.75) is 25.3 Å². The molecule has 0 bridgehead atoms. The third-order valence-corrected chi connectivity index (χ3v) is 6.34. The molecule has 4 nitrogen and oxygen atoms in total. The Morgan fingerprint density at radius 1 is 0.971 bits per heavy atom. The summed E-state index contributed by atoms with van der Waals surface area (Å²) >= 11 is 0. The summed E-state index contributed by atoms with van der Waals surface area (Å²) in [6.45, 7) is -0.318. The topological polar surface area (TPSA) is 41.9 Å². The Morgan fingerprint density at radius 3 is 2.40 bits per heavy atom. The average Bonchev–Trinajstić information content (AvgIpc) is 3.25. The van der Waals surface area contributed by atoms with Crippen molar-refractivity contribution in [1.29, 1.82) is 0 Å². The summed E-state index contributed by atoms with van der Waals surface area (Å²) in [5.41, 5.74) is 3.41. The second kappa shape index (κ2) is 9.78. The number of allylic oxidation sites excluding steroid dienone is 1. The van der Waals surface area contributed by atoms with E-state index in [1.54, 1.807) is 30.3 Å². The maximum atomic E-state index is 13.6. The molecule has 0 spiro atoms. The van der Waals surface area contributed by atoms with Crippen LogP contribution in [0.5, 0.6) is 5.75 Å². The lowest BCUT2D eigenvalue weighted by molar-refractivity contribution is -0.135. The van der Waals surface area contributed by atoms with Crippen molar-refractivity contribution in [3.8, 4) is 5.75 Å². The Morgan fingerprint density at radius 2 is 1.69 bits per heavy atom. The van der Waals surface area contributed by atoms with Crippen LogP contribution in [0.3, 0.4) is 0 Å². The molecule has 5 rings (SSSR count). The van der Waals surface area contributed by atoms with E-state index in [0.29, 0.717) is 0 Å². The average molecular weight is 476 g/mol. The summed E-state index contributed by atoms with van der Waals surface area (Å²) in [5, 5.41) is 6.14. The summed E-state index contributed by atoms with van der Waals surface area (Å²) in [6.07, 6.45) is 4.47. The molecule has 3 aromatic rings. The van der Waals surface area contributed by atoms with Crippen LogP contribution in [0, 0.1) is 23.4 Å². The highest BCUT2D eigenvalue weighted by atomic mass is 19.1. The van der Waals surface area contributed by atoms with E-state index in [-0.39, 0.29) is 35.8 Å². The number of hydrogen-bond donors (Lipinski definition) is 0. The van der Waals surface area contributed by atoms with E-state index in [1.807, 2.05) is 6.08 Å². The van der Waals surface area contributed by atoms with E-state index in [9.17, 15) is 18.0 Å². The molecule has 1 saturated carbocycles. The van der Waals surface area contributed by atoms with E-state index in [0.717, 1.165) is 41.7 Å². The smallest absolute Gasteiger partial charge is 0.281 e. The number of benzene rings is 3. The molecule has 2 aliphatic rings. The standard InChI is InChI=1S/C28H23F3N2O2/c29-21-11-7-18(8-12-21)15-20-3-1-6-25-27(20)32-33(28(25)19-9-13-22(30)14-10-19)26(34)17-35-24-5-2-4-23(31)16-24/h2,4-5,7-16,25,28H,1,3,6,17H2/b20-15-. The monoisotopic (exact) mass is 476 g/mol. The van der Waals surface area contributed by atoms with E-state index in [4.69, 9.17) is 9.84 Å². The molecular formula is C28H23F3N2O2. The van der Waals surface area contributed by atoms with Gasteiger partial charge < -0.3 is 4.74 Å². The third-order valence-electron chi connectivity index (χ3n) is 6.34. The first kappa shape index (κ1) is 22.9. The van der Waals surface area contributed by atoms with Gasteiger partial charge in [-0.15, -0.1) is 0 Å². The van der Waals surface area contributed by atoms with Gasteiger partial charge >= 0.3 is 0 Å². The third kappa shape index (κ3) is 4.99. The van der Waals surface area contributed by atoms with Gasteiger partial charge in [0.05, 0.1) is 11.8 Å². The Kier molecular flexibility index (Phi) is 6.40. The zero-order chi connectivity index (χ0) is 24.4. The first-order chi connectivity index (χ1) is 17.0. The molecule has 35 heavy (non-hydrogen) atoms. The van der Waals surface area contributed by atoms with Gasteiger partial charge in [-0.1, -0.05) is 30.3 Å². The minimum atomic E-state index is -0.456. The minimum absolute atomic E-state index is 0.0703. The van der Waals surface area contributed by atoms with Crippen molar-refractivity contribution in [2.75, 3.05) is 6.61 Å².